The molecular weight excluding hydrogens is 265 g/mol. The van der Waals surface area contributed by atoms with E-state index < -0.39 is 5.82 Å². The number of nitrogens with zero attached hydrogens (tertiary/aromatic N) is 2. The minimum atomic E-state index is -0.443. The molecule has 0 spiro atoms. The number of amides is 1. The highest BCUT2D eigenvalue weighted by Gasteiger charge is 2.30. The second-order valence-electron chi connectivity index (χ2n) is 3.43. The van der Waals surface area contributed by atoms with E-state index in [-0.39, 0.29) is 11.9 Å². The van der Waals surface area contributed by atoms with Crippen LogP contribution in [0.25, 0.3) is 0 Å². The average molecular weight is 274 g/mol. The molecule has 0 saturated carbocycles. The molecule has 15 heavy (non-hydrogen) atoms. The predicted octanol–water partition coefficient (Wildman–Crippen LogP) is 1.05. The van der Waals surface area contributed by atoms with Crippen molar-refractivity contribution in [3.05, 3.63) is 22.6 Å². The average Bonchev–Trinajstić information content (AvgIpc) is 2.45. The van der Waals surface area contributed by atoms with Gasteiger partial charge in [0.05, 0.1) is 10.7 Å². The van der Waals surface area contributed by atoms with Crippen LogP contribution in [0, 0.1) is 5.82 Å². The lowest BCUT2D eigenvalue weighted by Gasteiger charge is -2.16. The Bertz CT molecular complexity index is 412. The van der Waals surface area contributed by atoms with Crippen LogP contribution in [-0.4, -0.2) is 23.5 Å². The van der Waals surface area contributed by atoms with Crippen molar-refractivity contribution in [3.63, 3.8) is 0 Å². The third-order valence-corrected chi connectivity index (χ3v) is 2.78. The molecule has 0 aromatic carbocycles. The molecule has 4 nitrogen and oxygen atoms in total. The Balaban J connectivity index is 2.34. The zero-order valence-corrected chi connectivity index (χ0v) is 9.37. The number of halogens is 2. The summed E-state index contributed by atoms with van der Waals surface area (Å²) in [6.45, 7) is 0.427. The number of nitrogens with two attached hydrogens (primary N) is 1. The van der Waals surface area contributed by atoms with Crippen LogP contribution in [0.2, 0.25) is 0 Å². The molecule has 1 aromatic rings. The van der Waals surface area contributed by atoms with Gasteiger partial charge in [0.2, 0.25) is 5.91 Å². The Morgan fingerprint density at radius 2 is 2.40 bits per heavy atom. The third-order valence-electron chi connectivity index (χ3n) is 2.20. The smallest absolute Gasteiger partial charge is 0.229 e. The molecule has 1 fully saturated rings. The first-order valence-electron chi connectivity index (χ1n) is 4.45. The number of hydrogen-bond acceptors (Lipinski definition) is 3. The van der Waals surface area contributed by atoms with E-state index in [2.05, 4.69) is 20.9 Å². The fraction of sp³-hybridized carbons (Fsp3) is 0.333. The van der Waals surface area contributed by atoms with Crippen molar-refractivity contribution in [2.75, 3.05) is 11.4 Å². The second-order valence-corrected chi connectivity index (χ2v) is 4.28. The number of aromatic nitrogens is 1. The van der Waals surface area contributed by atoms with Gasteiger partial charge in [-0.1, -0.05) is 0 Å². The first-order valence-corrected chi connectivity index (χ1v) is 5.24. The van der Waals surface area contributed by atoms with Gasteiger partial charge in [-0.25, -0.2) is 9.37 Å². The fourth-order valence-electron chi connectivity index (χ4n) is 1.55. The highest BCUT2D eigenvalue weighted by Crippen LogP contribution is 2.27. The Hall–Kier alpha value is -1.01. The van der Waals surface area contributed by atoms with Gasteiger partial charge in [-0.15, -0.1) is 0 Å². The van der Waals surface area contributed by atoms with E-state index in [1.54, 1.807) is 0 Å². The lowest BCUT2D eigenvalue weighted by molar-refractivity contribution is -0.117. The summed E-state index contributed by atoms with van der Waals surface area (Å²) in [5, 5.41) is 0. The maximum Gasteiger partial charge on any atom is 0.229 e. The first-order chi connectivity index (χ1) is 7.08. The van der Waals surface area contributed by atoms with E-state index in [1.807, 2.05) is 0 Å². The standard InChI is InChI=1S/C9H9BrFN3O/c10-7-1-5(11)3-13-9(7)14-4-6(12)2-8(14)15/h1,3,6H,2,4,12H2. The molecule has 1 aromatic heterocycles. The van der Waals surface area contributed by atoms with Gasteiger partial charge in [0.25, 0.3) is 0 Å². The SMILES string of the molecule is NC1CC(=O)N(c2ncc(F)cc2Br)C1. The van der Waals surface area contributed by atoms with Crippen molar-refractivity contribution in [3.8, 4) is 0 Å². The van der Waals surface area contributed by atoms with E-state index in [0.29, 0.717) is 23.3 Å². The van der Waals surface area contributed by atoms with Crippen molar-refractivity contribution < 1.29 is 9.18 Å². The van der Waals surface area contributed by atoms with Gasteiger partial charge in [-0.05, 0) is 22.0 Å². The zero-order chi connectivity index (χ0) is 11.0. The van der Waals surface area contributed by atoms with Gasteiger partial charge in [0.15, 0.2) is 0 Å². The minimum absolute atomic E-state index is 0.0812. The Morgan fingerprint density at radius 3 is 2.93 bits per heavy atom. The molecule has 1 unspecified atom stereocenters. The maximum absolute atomic E-state index is 12.8. The van der Waals surface area contributed by atoms with Gasteiger partial charge in [-0.3, -0.25) is 9.69 Å². The van der Waals surface area contributed by atoms with Crippen molar-refractivity contribution in [1.82, 2.24) is 4.98 Å². The van der Waals surface area contributed by atoms with Crippen molar-refractivity contribution in [2.45, 2.75) is 12.5 Å². The summed E-state index contributed by atoms with van der Waals surface area (Å²) in [6, 6.07) is 1.11. The molecule has 1 aliphatic heterocycles. The van der Waals surface area contributed by atoms with Crippen LogP contribution < -0.4 is 10.6 Å². The lowest BCUT2D eigenvalue weighted by atomic mass is 10.3. The van der Waals surface area contributed by atoms with Crippen LogP contribution in [0.15, 0.2) is 16.7 Å². The van der Waals surface area contributed by atoms with Gasteiger partial charge < -0.3 is 5.73 Å². The van der Waals surface area contributed by atoms with Crippen LogP contribution in [0.1, 0.15) is 6.42 Å². The van der Waals surface area contributed by atoms with Gasteiger partial charge in [-0.2, -0.15) is 0 Å². The topological polar surface area (TPSA) is 59.2 Å². The molecule has 1 atom stereocenters. The molecule has 0 bridgehead atoms. The van der Waals surface area contributed by atoms with Crippen molar-refractivity contribution >= 4 is 27.7 Å². The molecule has 0 aliphatic carbocycles. The van der Waals surface area contributed by atoms with Gasteiger partial charge in [0, 0.05) is 19.0 Å². The number of hydrogen-bond donors (Lipinski definition) is 1. The first kappa shape index (κ1) is 10.5. The summed E-state index contributed by atoms with van der Waals surface area (Å²) in [5.74, 6) is -0.0989. The van der Waals surface area contributed by atoms with E-state index in [4.69, 9.17) is 5.73 Å². The highest BCUT2D eigenvalue weighted by molar-refractivity contribution is 9.10. The summed E-state index contributed by atoms with van der Waals surface area (Å²) in [4.78, 5) is 16.9. The number of carbonyl (C=O) groups is 1. The van der Waals surface area contributed by atoms with E-state index >= 15 is 0 Å². The zero-order valence-electron chi connectivity index (χ0n) is 7.78. The molecule has 6 heteroatoms. The van der Waals surface area contributed by atoms with Crippen LogP contribution in [0.5, 0.6) is 0 Å². The fourth-order valence-corrected chi connectivity index (χ4v) is 2.08. The molecule has 1 aliphatic rings. The maximum atomic E-state index is 12.8. The molecule has 1 amide bonds. The lowest BCUT2D eigenvalue weighted by Crippen LogP contribution is -2.29. The number of carbonyl (C=O) groups excluding carboxylic acids is 1. The summed E-state index contributed by atoms with van der Waals surface area (Å²) in [6.07, 6.45) is 1.39. The largest absolute Gasteiger partial charge is 0.326 e. The van der Waals surface area contributed by atoms with Gasteiger partial charge in [0.1, 0.15) is 11.6 Å². The summed E-state index contributed by atoms with van der Waals surface area (Å²) < 4.78 is 13.3. The van der Waals surface area contributed by atoms with Crippen molar-refractivity contribution in [2.24, 2.45) is 5.73 Å². The Kier molecular flexibility index (Phi) is 2.70. The molecule has 2 rings (SSSR count). The van der Waals surface area contributed by atoms with E-state index in [0.717, 1.165) is 6.20 Å². The van der Waals surface area contributed by atoms with Crippen molar-refractivity contribution in [1.29, 1.82) is 0 Å². The summed E-state index contributed by atoms with van der Waals surface area (Å²) in [7, 11) is 0. The van der Waals surface area contributed by atoms with Gasteiger partial charge >= 0.3 is 0 Å². The summed E-state index contributed by atoms with van der Waals surface area (Å²) >= 11 is 3.17. The quantitative estimate of drug-likeness (QED) is 0.832. The molecule has 2 N–H and O–H groups in total. The number of pyridine rings is 1. The normalized spacial score (nSPS) is 21.1. The molecular formula is C9H9BrFN3O. The number of anilines is 1. The second kappa shape index (κ2) is 3.86. The van der Waals surface area contributed by atoms with E-state index in [1.165, 1.54) is 11.0 Å². The Morgan fingerprint density at radius 1 is 1.67 bits per heavy atom. The monoisotopic (exact) mass is 273 g/mol. The third kappa shape index (κ3) is 2.00. The van der Waals surface area contributed by atoms with Crippen LogP contribution in [-0.2, 0) is 4.79 Å². The number of rotatable bonds is 1. The Labute approximate surface area is 94.4 Å². The van der Waals surface area contributed by atoms with Crippen LogP contribution >= 0.6 is 15.9 Å². The van der Waals surface area contributed by atoms with Crippen LogP contribution in [0.4, 0.5) is 10.2 Å². The van der Waals surface area contributed by atoms with E-state index in [9.17, 15) is 9.18 Å². The highest BCUT2D eigenvalue weighted by atomic mass is 79.9. The molecule has 1 saturated heterocycles. The molecule has 2 heterocycles. The van der Waals surface area contributed by atoms with Crippen LogP contribution in [0.3, 0.4) is 0 Å². The summed E-state index contributed by atoms with van der Waals surface area (Å²) in [5.41, 5.74) is 5.65. The minimum Gasteiger partial charge on any atom is -0.326 e. The predicted molar refractivity (Wildman–Crippen MR) is 56.8 cm³/mol. The molecule has 0 radical (unpaired) electrons. The molecule has 80 valence electrons.